The van der Waals surface area contributed by atoms with E-state index in [0.29, 0.717) is 22.2 Å². The lowest BCUT2D eigenvalue weighted by Gasteiger charge is -2.17. The Morgan fingerprint density at radius 1 is 1.60 bits per heavy atom. The van der Waals surface area contributed by atoms with Gasteiger partial charge in [0.1, 0.15) is 0 Å². The number of amides is 2. The molecule has 1 aliphatic rings. The van der Waals surface area contributed by atoms with Crippen molar-refractivity contribution in [2.75, 3.05) is 13.1 Å². The van der Waals surface area contributed by atoms with Crippen molar-refractivity contribution in [3.63, 3.8) is 0 Å². The molecule has 0 spiro atoms. The summed E-state index contributed by atoms with van der Waals surface area (Å²) in [5.74, 6) is -0.704. The van der Waals surface area contributed by atoms with Crippen LogP contribution in [0.4, 0.5) is 0 Å². The molecule has 20 heavy (non-hydrogen) atoms. The van der Waals surface area contributed by atoms with Gasteiger partial charge in [-0.3, -0.25) is 14.5 Å². The maximum absolute atomic E-state index is 12.0. The van der Waals surface area contributed by atoms with Crippen LogP contribution >= 0.6 is 22.9 Å². The van der Waals surface area contributed by atoms with Crippen molar-refractivity contribution in [1.29, 1.82) is 5.26 Å². The van der Waals surface area contributed by atoms with Crippen molar-refractivity contribution in [1.82, 2.24) is 10.2 Å². The van der Waals surface area contributed by atoms with Crippen molar-refractivity contribution >= 4 is 34.8 Å². The summed E-state index contributed by atoms with van der Waals surface area (Å²) in [6, 6.07) is 4.59. The van der Waals surface area contributed by atoms with Crippen molar-refractivity contribution in [3.05, 3.63) is 21.3 Å². The van der Waals surface area contributed by atoms with E-state index in [0.717, 1.165) is 0 Å². The number of nitrogens with zero attached hydrogens (tertiary/aromatic N) is 2. The second-order valence-corrected chi connectivity index (χ2v) is 6.23. The predicted molar refractivity (Wildman–Crippen MR) is 75.4 cm³/mol. The SMILES string of the molecule is N#CCN1C[C@@H](NC(=O)c2ccc(Cl)s2)C[C@H]1C(N)=O. The second kappa shape index (κ2) is 6.22. The molecule has 3 N–H and O–H groups in total. The maximum atomic E-state index is 12.0. The van der Waals surface area contributed by atoms with E-state index >= 15 is 0 Å². The Labute approximate surface area is 125 Å². The molecule has 0 radical (unpaired) electrons. The number of thiophene rings is 1. The molecule has 1 aliphatic heterocycles. The number of hydrogen-bond acceptors (Lipinski definition) is 5. The molecule has 2 atom stereocenters. The van der Waals surface area contributed by atoms with Crippen molar-refractivity contribution in [2.24, 2.45) is 5.73 Å². The smallest absolute Gasteiger partial charge is 0.261 e. The predicted octanol–water partition coefficient (Wildman–Crippen LogP) is 0.583. The van der Waals surface area contributed by atoms with E-state index in [1.54, 1.807) is 17.0 Å². The first-order chi connectivity index (χ1) is 9.51. The average Bonchev–Trinajstić information content (AvgIpc) is 2.96. The molecule has 2 heterocycles. The molecule has 1 aromatic rings. The van der Waals surface area contributed by atoms with Gasteiger partial charge in [-0.2, -0.15) is 5.26 Å². The number of primary amides is 1. The number of hydrogen-bond donors (Lipinski definition) is 2. The largest absolute Gasteiger partial charge is 0.368 e. The van der Waals surface area contributed by atoms with E-state index in [1.807, 2.05) is 6.07 Å². The highest BCUT2D eigenvalue weighted by molar-refractivity contribution is 7.17. The monoisotopic (exact) mass is 312 g/mol. The van der Waals surface area contributed by atoms with Gasteiger partial charge in [0.05, 0.1) is 27.9 Å². The Hall–Kier alpha value is -1.62. The van der Waals surface area contributed by atoms with Crippen LogP contribution in [-0.4, -0.2) is 41.9 Å². The summed E-state index contributed by atoms with van der Waals surface area (Å²) in [6.45, 7) is 0.552. The van der Waals surface area contributed by atoms with Gasteiger partial charge in [0, 0.05) is 12.6 Å². The average molecular weight is 313 g/mol. The number of likely N-dealkylation sites (tertiary alicyclic amines) is 1. The summed E-state index contributed by atoms with van der Waals surface area (Å²) in [6.07, 6.45) is 0.419. The highest BCUT2D eigenvalue weighted by Gasteiger charge is 2.36. The fourth-order valence-electron chi connectivity index (χ4n) is 2.26. The van der Waals surface area contributed by atoms with E-state index in [1.165, 1.54) is 11.3 Å². The number of nitrogens with two attached hydrogens (primary N) is 1. The molecule has 8 heteroatoms. The minimum absolute atomic E-state index is 0.116. The highest BCUT2D eigenvalue weighted by atomic mass is 35.5. The van der Waals surface area contributed by atoms with E-state index < -0.39 is 11.9 Å². The van der Waals surface area contributed by atoms with Gasteiger partial charge >= 0.3 is 0 Å². The summed E-state index contributed by atoms with van der Waals surface area (Å²) in [5.41, 5.74) is 5.31. The van der Waals surface area contributed by atoms with Crippen LogP contribution in [0.25, 0.3) is 0 Å². The number of nitriles is 1. The lowest BCUT2D eigenvalue weighted by molar-refractivity contribution is -0.122. The quantitative estimate of drug-likeness (QED) is 0.794. The Bertz CT molecular complexity index is 568. The molecule has 106 valence electrons. The highest BCUT2D eigenvalue weighted by Crippen LogP contribution is 2.22. The fraction of sp³-hybridized carbons (Fsp3) is 0.417. The molecule has 2 amide bonds. The number of carbonyl (C=O) groups is 2. The molecule has 1 aromatic heterocycles. The standard InChI is InChI=1S/C12H13ClN4O2S/c13-10-2-1-9(20-10)12(19)16-7-5-8(11(15)18)17(6-7)4-3-14/h1-2,7-8H,4-6H2,(H2,15,18)(H,16,19)/t7-,8-/m0/s1. The Balaban J connectivity index is 1.99. The van der Waals surface area contributed by atoms with Gasteiger partial charge in [-0.15, -0.1) is 11.3 Å². The van der Waals surface area contributed by atoms with Crippen LogP contribution in [-0.2, 0) is 4.79 Å². The summed E-state index contributed by atoms with van der Waals surface area (Å²) in [7, 11) is 0. The number of halogens is 1. The molecule has 0 bridgehead atoms. The Morgan fingerprint density at radius 2 is 2.35 bits per heavy atom. The molecule has 0 aromatic carbocycles. The first-order valence-electron chi connectivity index (χ1n) is 5.97. The molecular formula is C12H13ClN4O2S. The van der Waals surface area contributed by atoms with Gasteiger partial charge in [0.25, 0.3) is 5.91 Å². The third kappa shape index (κ3) is 3.28. The van der Waals surface area contributed by atoms with Gasteiger partial charge < -0.3 is 11.1 Å². The van der Waals surface area contributed by atoms with Crippen LogP contribution in [0.1, 0.15) is 16.1 Å². The lowest BCUT2D eigenvalue weighted by atomic mass is 10.1. The molecule has 0 aliphatic carbocycles. The molecule has 2 rings (SSSR count). The van der Waals surface area contributed by atoms with Gasteiger partial charge in [-0.25, -0.2) is 0 Å². The first kappa shape index (κ1) is 14.8. The van der Waals surface area contributed by atoms with Gasteiger partial charge in [0.2, 0.25) is 5.91 Å². The first-order valence-corrected chi connectivity index (χ1v) is 7.17. The van der Waals surface area contributed by atoms with Crippen molar-refractivity contribution in [2.45, 2.75) is 18.5 Å². The Kier molecular flexibility index (Phi) is 4.60. The number of nitrogens with one attached hydrogen (secondary N) is 1. The minimum atomic E-state index is -0.508. The lowest BCUT2D eigenvalue weighted by Crippen LogP contribution is -2.40. The van der Waals surface area contributed by atoms with E-state index in [4.69, 9.17) is 22.6 Å². The van der Waals surface area contributed by atoms with Crippen molar-refractivity contribution < 1.29 is 9.59 Å². The number of rotatable bonds is 4. The van der Waals surface area contributed by atoms with Gasteiger partial charge in [-0.1, -0.05) is 11.6 Å². The molecule has 0 saturated carbocycles. The molecule has 1 fully saturated rings. The van der Waals surface area contributed by atoms with E-state index in [9.17, 15) is 9.59 Å². The second-order valence-electron chi connectivity index (χ2n) is 4.52. The summed E-state index contributed by atoms with van der Waals surface area (Å²) < 4.78 is 0.544. The van der Waals surface area contributed by atoms with Gasteiger partial charge in [0.15, 0.2) is 0 Å². The van der Waals surface area contributed by atoms with Crippen LogP contribution in [0.5, 0.6) is 0 Å². The zero-order valence-electron chi connectivity index (χ0n) is 10.5. The van der Waals surface area contributed by atoms with Crippen LogP contribution in [0.2, 0.25) is 4.34 Å². The topological polar surface area (TPSA) is 99.2 Å². The molecule has 0 unspecified atom stereocenters. The van der Waals surface area contributed by atoms with Crippen LogP contribution < -0.4 is 11.1 Å². The minimum Gasteiger partial charge on any atom is -0.368 e. The zero-order valence-corrected chi connectivity index (χ0v) is 12.1. The van der Waals surface area contributed by atoms with Crippen LogP contribution in [0.3, 0.4) is 0 Å². The fourth-order valence-corrected chi connectivity index (χ4v) is 3.21. The Morgan fingerprint density at radius 3 is 2.90 bits per heavy atom. The molecular weight excluding hydrogens is 300 g/mol. The summed E-state index contributed by atoms with van der Waals surface area (Å²) in [4.78, 5) is 25.5. The maximum Gasteiger partial charge on any atom is 0.261 e. The summed E-state index contributed by atoms with van der Waals surface area (Å²) in [5, 5.41) is 11.6. The van der Waals surface area contributed by atoms with Crippen LogP contribution in [0.15, 0.2) is 12.1 Å². The van der Waals surface area contributed by atoms with E-state index in [-0.39, 0.29) is 18.5 Å². The zero-order chi connectivity index (χ0) is 14.7. The third-order valence-electron chi connectivity index (χ3n) is 3.14. The van der Waals surface area contributed by atoms with E-state index in [2.05, 4.69) is 5.32 Å². The molecule has 1 saturated heterocycles. The van der Waals surface area contributed by atoms with Crippen molar-refractivity contribution in [3.8, 4) is 6.07 Å². The van der Waals surface area contributed by atoms with Gasteiger partial charge in [-0.05, 0) is 18.6 Å². The normalized spacial score (nSPS) is 22.4. The number of carbonyl (C=O) groups excluding carboxylic acids is 2. The van der Waals surface area contributed by atoms with Crippen LogP contribution in [0, 0.1) is 11.3 Å². The molecule has 6 nitrogen and oxygen atoms in total. The summed E-state index contributed by atoms with van der Waals surface area (Å²) >= 11 is 6.98. The third-order valence-corrected chi connectivity index (χ3v) is 4.37.